The summed E-state index contributed by atoms with van der Waals surface area (Å²) in [6, 6.07) is 12.4. The lowest BCUT2D eigenvalue weighted by molar-refractivity contribution is 0.0942. The average molecular weight is 359 g/mol. The van der Waals surface area contributed by atoms with Crippen LogP contribution in [0.1, 0.15) is 41.6 Å². The summed E-state index contributed by atoms with van der Waals surface area (Å²) < 4.78 is 0.818. The number of halogens is 1. The lowest BCUT2D eigenvalue weighted by Crippen LogP contribution is -2.39. The molecule has 3 nitrogen and oxygen atoms in total. The number of nitrogens with zero attached hydrogens (tertiary/aromatic N) is 1. The van der Waals surface area contributed by atoms with Gasteiger partial charge in [-0.1, -0.05) is 43.2 Å². The number of benzene rings is 1. The van der Waals surface area contributed by atoms with Crippen molar-refractivity contribution in [3.63, 3.8) is 0 Å². The lowest BCUT2D eigenvalue weighted by atomic mass is 9.79. The second-order valence-corrected chi connectivity index (χ2v) is 6.84. The third kappa shape index (κ3) is 3.22. The summed E-state index contributed by atoms with van der Waals surface area (Å²) in [5.41, 5.74) is 2.01. The molecule has 1 heterocycles. The van der Waals surface area contributed by atoms with Crippen molar-refractivity contribution >= 4 is 21.8 Å². The first kappa shape index (κ1) is 15.2. The Kier molecular flexibility index (Phi) is 4.57. The number of carbonyl (C=O) groups is 1. The van der Waals surface area contributed by atoms with Gasteiger partial charge in [-0.15, -0.1) is 0 Å². The van der Waals surface area contributed by atoms with Crippen molar-refractivity contribution in [2.45, 2.75) is 31.1 Å². The second kappa shape index (κ2) is 6.61. The first-order valence-corrected chi connectivity index (χ1v) is 8.43. The van der Waals surface area contributed by atoms with Crippen LogP contribution in [0.15, 0.2) is 53.3 Å². The number of carbonyl (C=O) groups excluding carboxylic acids is 1. The minimum absolute atomic E-state index is 0.0593. The number of hydrogen-bond acceptors (Lipinski definition) is 2. The number of rotatable bonds is 4. The van der Waals surface area contributed by atoms with E-state index < -0.39 is 0 Å². The van der Waals surface area contributed by atoms with Crippen molar-refractivity contribution in [2.24, 2.45) is 0 Å². The Balaban J connectivity index is 1.74. The van der Waals surface area contributed by atoms with Gasteiger partial charge < -0.3 is 5.32 Å². The average Bonchev–Trinajstić information content (AvgIpc) is 3.04. The molecule has 1 saturated carbocycles. The number of amides is 1. The highest BCUT2D eigenvalue weighted by molar-refractivity contribution is 9.10. The van der Waals surface area contributed by atoms with Crippen LogP contribution >= 0.6 is 15.9 Å². The van der Waals surface area contributed by atoms with E-state index in [0.717, 1.165) is 17.3 Å². The smallest absolute Gasteiger partial charge is 0.252 e. The maximum atomic E-state index is 12.4. The molecule has 2 aromatic rings. The summed E-state index contributed by atoms with van der Waals surface area (Å²) in [4.78, 5) is 16.4. The van der Waals surface area contributed by atoms with Crippen molar-refractivity contribution < 1.29 is 4.79 Å². The summed E-state index contributed by atoms with van der Waals surface area (Å²) in [7, 11) is 0. The van der Waals surface area contributed by atoms with Gasteiger partial charge in [0.2, 0.25) is 0 Å². The standard InChI is InChI=1S/C18H19BrN2O/c19-16-10-14(11-20-12-16)17(22)21-13-18(8-4-5-9-18)15-6-2-1-3-7-15/h1-3,6-7,10-12H,4-5,8-9,13H2,(H,21,22). The van der Waals surface area contributed by atoms with E-state index in [1.54, 1.807) is 18.5 Å². The van der Waals surface area contributed by atoms with Gasteiger partial charge in [-0.3, -0.25) is 9.78 Å². The van der Waals surface area contributed by atoms with Crippen molar-refractivity contribution in [1.82, 2.24) is 10.3 Å². The van der Waals surface area contributed by atoms with Gasteiger partial charge in [-0.2, -0.15) is 0 Å². The highest BCUT2D eigenvalue weighted by Gasteiger charge is 2.35. The predicted octanol–water partition coefficient (Wildman–Crippen LogP) is 4.09. The van der Waals surface area contributed by atoms with Crippen LogP contribution in [0.2, 0.25) is 0 Å². The topological polar surface area (TPSA) is 42.0 Å². The maximum Gasteiger partial charge on any atom is 0.252 e. The Morgan fingerprint density at radius 1 is 1.18 bits per heavy atom. The Bertz CT molecular complexity index is 651. The van der Waals surface area contributed by atoms with Crippen molar-refractivity contribution in [1.29, 1.82) is 0 Å². The molecule has 0 saturated heterocycles. The van der Waals surface area contributed by atoms with Crippen molar-refractivity contribution in [3.8, 4) is 0 Å². The van der Waals surface area contributed by atoms with Crippen LogP contribution in [0.5, 0.6) is 0 Å². The van der Waals surface area contributed by atoms with Gasteiger partial charge in [-0.25, -0.2) is 0 Å². The third-order valence-corrected chi connectivity index (χ3v) is 4.93. The van der Waals surface area contributed by atoms with Crippen molar-refractivity contribution in [3.05, 3.63) is 64.4 Å². The zero-order chi connectivity index (χ0) is 15.4. The summed E-state index contributed by atoms with van der Waals surface area (Å²) in [6.07, 6.45) is 8.00. The SMILES string of the molecule is O=C(NCC1(c2ccccc2)CCCC1)c1cncc(Br)c1. The quantitative estimate of drug-likeness (QED) is 0.894. The van der Waals surface area contributed by atoms with E-state index in [4.69, 9.17) is 0 Å². The monoisotopic (exact) mass is 358 g/mol. The minimum atomic E-state index is -0.0593. The molecule has 114 valence electrons. The summed E-state index contributed by atoms with van der Waals surface area (Å²) in [6.45, 7) is 0.683. The molecule has 3 rings (SSSR count). The first-order chi connectivity index (χ1) is 10.7. The largest absolute Gasteiger partial charge is 0.351 e. The van der Waals surface area contributed by atoms with E-state index in [-0.39, 0.29) is 11.3 Å². The Labute approximate surface area is 139 Å². The predicted molar refractivity (Wildman–Crippen MR) is 90.9 cm³/mol. The van der Waals surface area contributed by atoms with Gasteiger partial charge in [0.15, 0.2) is 0 Å². The zero-order valence-corrected chi connectivity index (χ0v) is 14.0. The highest BCUT2D eigenvalue weighted by atomic mass is 79.9. The highest BCUT2D eigenvalue weighted by Crippen LogP contribution is 2.40. The molecule has 1 aromatic carbocycles. The Hall–Kier alpha value is -1.68. The molecule has 1 aliphatic rings. The molecule has 1 amide bonds. The first-order valence-electron chi connectivity index (χ1n) is 7.64. The fourth-order valence-electron chi connectivity index (χ4n) is 3.30. The molecule has 1 aliphatic carbocycles. The molecule has 22 heavy (non-hydrogen) atoms. The van der Waals surface area contributed by atoms with E-state index in [1.165, 1.54) is 18.4 Å². The normalized spacial score (nSPS) is 16.4. The number of pyridine rings is 1. The minimum Gasteiger partial charge on any atom is -0.351 e. The molecule has 4 heteroatoms. The van der Waals surface area contributed by atoms with E-state index in [9.17, 15) is 4.79 Å². The molecule has 1 N–H and O–H groups in total. The van der Waals surface area contributed by atoms with E-state index in [1.807, 2.05) is 6.07 Å². The van der Waals surface area contributed by atoms with E-state index >= 15 is 0 Å². The van der Waals surface area contributed by atoms with Gasteiger partial charge >= 0.3 is 0 Å². The van der Waals surface area contributed by atoms with Gasteiger partial charge in [0, 0.05) is 28.8 Å². The van der Waals surface area contributed by atoms with Crippen LogP contribution in [-0.2, 0) is 5.41 Å². The van der Waals surface area contributed by atoms with Gasteiger partial charge in [0.25, 0.3) is 5.91 Å². The molecule has 0 aliphatic heterocycles. The Morgan fingerprint density at radius 2 is 1.91 bits per heavy atom. The van der Waals surface area contributed by atoms with Crippen LogP contribution < -0.4 is 5.32 Å². The summed E-state index contributed by atoms with van der Waals surface area (Å²) in [5, 5.41) is 3.11. The molecular weight excluding hydrogens is 340 g/mol. The molecule has 1 fully saturated rings. The molecule has 1 aromatic heterocycles. The van der Waals surface area contributed by atoms with Gasteiger partial charge in [0.05, 0.1) is 5.56 Å². The summed E-state index contributed by atoms with van der Waals surface area (Å²) in [5.74, 6) is -0.0593. The molecule has 0 unspecified atom stereocenters. The third-order valence-electron chi connectivity index (χ3n) is 4.50. The molecule has 0 radical (unpaired) electrons. The van der Waals surface area contributed by atoms with Crippen LogP contribution in [-0.4, -0.2) is 17.4 Å². The second-order valence-electron chi connectivity index (χ2n) is 5.93. The van der Waals surface area contributed by atoms with Crippen LogP contribution in [0.4, 0.5) is 0 Å². The van der Waals surface area contributed by atoms with E-state index in [2.05, 4.69) is 50.5 Å². The van der Waals surface area contributed by atoms with E-state index in [0.29, 0.717) is 12.1 Å². The number of hydrogen-bond donors (Lipinski definition) is 1. The molecule has 0 bridgehead atoms. The fourth-order valence-corrected chi connectivity index (χ4v) is 3.66. The maximum absolute atomic E-state index is 12.4. The number of aromatic nitrogens is 1. The van der Waals surface area contributed by atoms with Gasteiger partial charge in [-0.05, 0) is 40.4 Å². The zero-order valence-electron chi connectivity index (χ0n) is 12.4. The summed E-state index contributed by atoms with van der Waals surface area (Å²) >= 11 is 3.35. The van der Waals surface area contributed by atoms with Crippen molar-refractivity contribution in [2.75, 3.05) is 6.54 Å². The molecule has 0 atom stereocenters. The lowest BCUT2D eigenvalue weighted by Gasteiger charge is -2.30. The van der Waals surface area contributed by atoms with Crippen LogP contribution in [0, 0.1) is 0 Å². The number of nitrogens with one attached hydrogen (secondary N) is 1. The molecule has 0 spiro atoms. The fraction of sp³-hybridized carbons (Fsp3) is 0.333. The van der Waals surface area contributed by atoms with Crippen LogP contribution in [0.25, 0.3) is 0 Å². The Morgan fingerprint density at radius 3 is 2.59 bits per heavy atom. The van der Waals surface area contributed by atoms with Gasteiger partial charge in [0.1, 0.15) is 0 Å². The van der Waals surface area contributed by atoms with Crippen LogP contribution in [0.3, 0.4) is 0 Å². The molecular formula is C18H19BrN2O.